The van der Waals surface area contributed by atoms with Crippen molar-refractivity contribution >= 4 is 11.8 Å². The summed E-state index contributed by atoms with van der Waals surface area (Å²) >= 11 is 1.90. The molecule has 0 aromatic heterocycles. The second-order valence-corrected chi connectivity index (χ2v) is 4.91. The van der Waals surface area contributed by atoms with Crippen LogP contribution < -0.4 is 10.5 Å². The molecular formula is C12H17NOS. The van der Waals surface area contributed by atoms with Crippen molar-refractivity contribution in [2.24, 2.45) is 5.73 Å². The summed E-state index contributed by atoms with van der Waals surface area (Å²) in [5.41, 5.74) is 7.20. The average molecular weight is 223 g/mol. The van der Waals surface area contributed by atoms with Crippen LogP contribution in [-0.4, -0.2) is 19.4 Å². The molecule has 0 bridgehead atoms. The number of thioether (sulfide) groups is 1. The molecule has 0 spiro atoms. The predicted octanol–water partition coefficient (Wildman–Crippen LogP) is 2.62. The van der Waals surface area contributed by atoms with Crippen molar-refractivity contribution in [3.8, 4) is 5.75 Å². The summed E-state index contributed by atoms with van der Waals surface area (Å²) in [7, 11) is 1.73. The molecule has 0 amide bonds. The zero-order chi connectivity index (χ0) is 10.7. The Labute approximate surface area is 95.2 Å². The molecule has 82 valence electrons. The molecular weight excluding hydrogens is 206 g/mol. The second-order valence-electron chi connectivity index (χ2n) is 3.80. The van der Waals surface area contributed by atoms with Crippen molar-refractivity contribution in [2.45, 2.75) is 23.7 Å². The van der Waals surface area contributed by atoms with Crippen molar-refractivity contribution in [3.63, 3.8) is 0 Å². The van der Waals surface area contributed by atoms with Crippen molar-refractivity contribution in [1.82, 2.24) is 0 Å². The molecule has 1 unspecified atom stereocenters. The number of nitrogens with two attached hydrogens (primary N) is 1. The summed E-state index contributed by atoms with van der Waals surface area (Å²) in [6.07, 6.45) is 2.44. The fourth-order valence-electron chi connectivity index (χ4n) is 2.07. The smallest absolute Gasteiger partial charge is 0.132 e. The van der Waals surface area contributed by atoms with Gasteiger partial charge >= 0.3 is 0 Å². The first kappa shape index (κ1) is 10.8. The van der Waals surface area contributed by atoms with Gasteiger partial charge in [-0.15, -0.1) is 11.8 Å². The highest BCUT2D eigenvalue weighted by Gasteiger charge is 2.20. The Morgan fingerprint density at radius 1 is 1.53 bits per heavy atom. The van der Waals surface area contributed by atoms with Crippen LogP contribution in [0.15, 0.2) is 23.1 Å². The van der Waals surface area contributed by atoms with E-state index in [0.717, 1.165) is 12.3 Å². The van der Waals surface area contributed by atoms with Crippen molar-refractivity contribution in [1.29, 1.82) is 0 Å². The molecule has 1 atom stereocenters. The van der Waals surface area contributed by atoms with E-state index in [2.05, 4.69) is 12.1 Å². The second kappa shape index (κ2) is 4.90. The van der Waals surface area contributed by atoms with Crippen LogP contribution >= 0.6 is 11.8 Å². The quantitative estimate of drug-likeness (QED) is 0.837. The first-order valence-corrected chi connectivity index (χ1v) is 6.35. The van der Waals surface area contributed by atoms with E-state index in [1.165, 1.54) is 29.1 Å². The summed E-state index contributed by atoms with van der Waals surface area (Å²) in [5.74, 6) is 2.67. The van der Waals surface area contributed by atoms with Crippen LogP contribution in [0.2, 0.25) is 0 Å². The largest absolute Gasteiger partial charge is 0.496 e. The van der Waals surface area contributed by atoms with Gasteiger partial charge in [-0.1, -0.05) is 12.1 Å². The first-order valence-electron chi connectivity index (χ1n) is 5.36. The van der Waals surface area contributed by atoms with Gasteiger partial charge in [0.05, 0.1) is 12.0 Å². The Hall–Kier alpha value is -0.670. The van der Waals surface area contributed by atoms with Crippen molar-refractivity contribution in [2.75, 3.05) is 19.4 Å². The molecule has 2 N–H and O–H groups in total. The SMILES string of the molecule is COc1cccc2c1SCCCC2CN. The lowest BCUT2D eigenvalue weighted by molar-refractivity contribution is 0.403. The molecule has 0 fully saturated rings. The van der Waals surface area contributed by atoms with Gasteiger partial charge in [0, 0.05) is 0 Å². The highest BCUT2D eigenvalue weighted by atomic mass is 32.2. The number of ether oxygens (including phenoxy) is 1. The highest BCUT2D eigenvalue weighted by Crippen LogP contribution is 2.40. The summed E-state index contributed by atoms with van der Waals surface area (Å²) in [4.78, 5) is 1.30. The minimum atomic E-state index is 0.505. The van der Waals surface area contributed by atoms with E-state index in [4.69, 9.17) is 10.5 Å². The summed E-state index contributed by atoms with van der Waals surface area (Å²) in [6.45, 7) is 0.737. The molecule has 0 radical (unpaired) electrons. The summed E-state index contributed by atoms with van der Waals surface area (Å²) < 4.78 is 5.40. The van der Waals surface area contributed by atoms with E-state index in [-0.39, 0.29) is 0 Å². The van der Waals surface area contributed by atoms with E-state index in [9.17, 15) is 0 Å². The van der Waals surface area contributed by atoms with Crippen LogP contribution in [0.25, 0.3) is 0 Å². The van der Waals surface area contributed by atoms with Crippen LogP contribution in [0, 0.1) is 0 Å². The fourth-order valence-corrected chi connectivity index (χ4v) is 3.28. The van der Waals surface area contributed by atoms with Gasteiger partial charge in [-0.25, -0.2) is 0 Å². The molecule has 1 aliphatic heterocycles. The summed E-state index contributed by atoms with van der Waals surface area (Å²) in [5, 5.41) is 0. The first-order chi connectivity index (χ1) is 7.36. The molecule has 0 aliphatic carbocycles. The molecule has 0 saturated heterocycles. The van der Waals surface area contributed by atoms with Crippen LogP contribution in [-0.2, 0) is 0 Å². The Balaban J connectivity index is 2.44. The topological polar surface area (TPSA) is 35.2 Å². The van der Waals surface area contributed by atoms with Gasteiger partial charge in [0.25, 0.3) is 0 Å². The molecule has 1 heterocycles. The Morgan fingerprint density at radius 2 is 2.40 bits per heavy atom. The third kappa shape index (κ3) is 2.13. The number of fused-ring (bicyclic) bond motifs is 1. The maximum atomic E-state index is 5.83. The lowest BCUT2D eigenvalue weighted by Gasteiger charge is -2.16. The molecule has 1 aromatic carbocycles. The van der Waals surface area contributed by atoms with Crippen LogP contribution in [0.4, 0.5) is 0 Å². The number of hydrogen-bond donors (Lipinski definition) is 1. The molecule has 0 saturated carbocycles. The number of methoxy groups -OCH3 is 1. The minimum absolute atomic E-state index is 0.505. The number of hydrogen-bond acceptors (Lipinski definition) is 3. The van der Waals surface area contributed by atoms with E-state index < -0.39 is 0 Å². The lowest BCUT2D eigenvalue weighted by Crippen LogP contribution is -2.12. The van der Waals surface area contributed by atoms with E-state index in [1.807, 2.05) is 17.8 Å². The maximum absolute atomic E-state index is 5.83. The Bertz CT molecular complexity index is 340. The number of benzene rings is 1. The van der Waals surface area contributed by atoms with Crippen molar-refractivity contribution < 1.29 is 4.74 Å². The van der Waals surface area contributed by atoms with Crippen LogP contribution in [0.1, 0.15) is 24.3 Å². The van der Waals surface area contributed by atoms with Gasteiger partial charge in [-0.2, -0.15) is 0 Å². The van der Waals surface area contributed by atoms with Gasteiger partial charge in [-0.05, 0) is 42.7 Å². The third-order valence-electron chi connectivity index (χ3n) is 2.90. The molecule has 15 heavy (non-hydrogen) atoms. The monoisotopic (exact) mass is 223 g/mol. The molecule has 1 aromatic rings. The van der Waals surface area contributed by atoms with Gasteiger partial charge in [0.15, 0.2) is 0 Å². The highest BCUT2D eigenvalue weighted by molar-refractivity contribution is 7.99. The van der Waals surface area contributed by atoms with Gasteiger partial charge in [0.1, 0.15) is 5.75 Å². The Morgan fingerprint density at radius 3 is 3.13 bits per heavy atom. The van der Waals surface area contributed by atoms with Crippen LogP contribution in [0.5, 0.6) is 5.75 Å². The normalized spacial score (nSPS) is 20.5. The maximum Gasteiger partial charge on any atom is 0.132 e. The predicted molar refractivity (Wildman–Crippen MR) is 64.7 cm³/mol. The average Bonchev–Trinajstić information content (AvgIpc) is 2.50. The van der Waals surface area contributed by atoms with E-state index in [0.29, 0.717) is 5.92 Å². The zero-order valence-corrected chi connectivity index (χ0v) is 9.85. The molecule has 2 nitrogen and oxygen atoms in total. The van der Waals surface area contributed by atoms with E-state index in [1.54, 1.807) is 7.11 Å². The van der Waals surface area contributed by atoms with Gasteiger partial charge < -0.3 is 10.5 Å². The zero-order valence-electron chi connectivity index (χ0n) is 9.03. The fraction of sp³-hybridized carbons (Fsp3) is 0.500. The number of rotatable bonds is 2. The molecule has 1 aliphatic rings. The van der Waals surface area contributed by atoms with E-state index >= 15 is 0 Å². The third-order valence-corrected chi connectivity index (χ3v) is 4.12. The summed E-state index contributed by atoms with van der Waals surface area (Å²) in [6, 6.07) is 6.28. The lowest BCUT2D eigenvalue weighted by atomic mass is 9.94. The molecule has 2 rings (SSSR count). The van der Waals surface area contributed by atoms with Crippen molar-refractivity contribution in [3.05, 3.63) is 23.8 Å². The van der Waals surface area contributed by atoms with Gasteiger partial charge in [-0.3, -0.25) is 0 Å². The standard InChI is InChI=1S/C12H17NOS/c1-14-11-6-2-5-10-9(8-13)4-3-7-15-12(10)11/h2,5-6,9H,3-4,7-8,13H2,1H3. The van der Waals surface area contributed by atoms with Crippen LogP contribution in [0.3, 0.4) is 0 Å². The Kier molecular flexibility index (Phi) is 3.54. The minimum Gasteiger partial charge on any atom is -0.496 e. The van der Waals surface area contributed by atoms with Gasteiger partial charge in [0.2, 0.25) is 0 Å². The molecule has 3 heteroatoms.